The van der Waals surface area contributed by atoms with Crippen molar-refractivity contribution in [3.8, 4) is 0 Å². The highest BCUT2D eigenvalue weighted by Crippen LogP contribution is 2.12. The predicted octanol–water partition coefficient (Wildman–Crippen LogP) is 1.28. The first-order chi connectivity index (χ1) is 12.4. The topological polar surface area (TPSA) is 127 Å². The van der Waals surface area contributed by atoms with Gasteiger partial charge in [0.1, 0.15) is 31.0 Å². The maximum absolute atomic E-state index is 11.6. The van der Waals surface area contributed by atoms with Crippen molar-refractivity contribution >= 4 is 5.97 Å². The molecule has 26 heavy (non-hydrogen) atoms. The number of unbranched alkanes of at least 4 members (excludes halogenated alkanes) is 9. The van der Waals surface area contributed by atoms with E-state index < -0.39 is 43.6 Å². The number of hydrogen-bond acceptors (Lipinski definition) is 7. The Labute approximate surface area is 157 Å². The highest BCUT2D eigenvalue weighted by atomic mass is 16.5. The van der Waals surface area contributed by atoms with E-state index in [-0.39, 0.29) is 6.42 Å². The lowest BCUT2D eigenvalue weighted by Crippen LogP contribution is -2.47. The summed E-state index contributed by atoms with van der Waals surface area (Å²) in [5.41, 5.74) is 0. The molecular formula is C19H38O7. The van der Waals surface area contributed by atoms with E-state index in [9.17, 15) is 25.2 Å². The van der Waals surface area contributed by atoms with Crippen molar-refractivity contribution in [2.45, 2.75) is 102 Å². The van der Waals surface area contributed by atoms with E-state index in [2.05, 4.69) is 6.92 Å². The van der Waals surface area contributed by atoms with E-state index in [0.717, 1.165) is 19.3 Å². The molecule has 0 aromatic rings. The molecule has 0 radical (unpaired) electrons. The first-order valence-corrected chi connectivity index (χ1v) is 9.92. The second kappa shape index (κ2) is 16.4. The molecule has 0 aromatic carbocycles. The van der Waals surface area contributed by atoms with Gasteiger partial charge in [-0.15, -0.1) is 0 Å². The van der Waals surface area contributed by atoms with Crippen molar-refractivity contribution in [2.24, 2.45) is 0 Å². The van der Waals surface area contributed by atoms with Crippen LogP contribution >= 0.6 is 0 Å². The van der Waals surface area contributed by atoms with Crippen molar-refractivity contribution in [3.63, 3.8) is 0 Å². The number of carbonyl (C=O) groups excluding carboxylic acids is 1. The third-order valence-corrected chi connectivity index (χ3v) is 4.47. The van der Waals surface area contributed by atoms with Crippen LogP contribution in [0.1, 0.15) is 77.6 Å². The Balaban J connectivity index is 3.62. The normalized spacial score (nSPS) is 16.1. The molecule has 5 N–H and O–H groups in total. The first kappa shape index (κ1) is 25.3. The average Bonchev–Trinajstić information content (AvgIpc) is 2.65. The van der Waals surface area contributed by atoms with Crippen LogP contribution in [0.3, 0.4) is 0 Å². The molecule has 7 nitrogen and oxygen atoms in total. The summed E-state index contributed by atoms with van der Waals surface area (Å²) in [5, 5.41) is 46.6. The molecule has 4 atom stereocenters. The minimum atomic E-state index is -1.71. The van der Waals surface area contributed by atoms with Crippen LogP contribution in [-0.2, 0) is 9.53 Å². The molecule has 0 rings (SSSR count). The van der Waals surface area contributed by atoms with E-state index in [4.69, 9.17) is 9.84 Å². The van der Waals surface area contributed by atoms with Gasteiger partial charge in [0.2, 0.25) is 0 Å². The molecule has 0 aliphatic carbocycles. The summed E-state index contributed by atoms with van der Waals surface area (Å²) in [6.45, 7) is 0.995. The van der Waals surface area contributed by atoms with E-state index in [1.165, 1.54) is 44.9 Å². The monoisotopic (exact) mass is 378 g/mol. The lowest BCUT2D eigenvalue weighted by Gasteiger charge is -2.25. The second-order valence-corrected chi connectivity index (χ2v) is 6.91. The lowest BCUT2D eigenvalue weighted by atomic mass is 10.0. The van der Waals surface area contributed by atoms with E-state index >= 15 is 0 Å². The van der Waals surface area contributed by atoms with E-state index in [1.807, 2.05) is 0 Å². The van der Waals surface area contributed by atoms with Gasteiger partial charge < -0.3 is 30.3 Å². The fraction of sp³-hybridized carbons (Fsp3) is 0.947. The van der Waals surface area contributed by atoms with Crippen molar-refractivity contribution in [2.75, 3.05) is 13.2 Å². The fourth-order valence-electron chi connectivity index (χ4n) is 2.67. The number of rotatable bonds is 17. The summed E-state index contributed by atoms with van der Waals surface area (Å²) in [5.74, 6) is -0.465. The molecule has 0 heterocycles. The molecule has 0 saturated heterocycles. The molecule has 0 amide bonds. The number of carbonyl (C=O) groups is 1. The maximum atomic E-state index is 11.6. The van der Waals surface area contributed by atoms with Gasteiger partial charge in [0, 0.05) is 6.42 Å². The van der Waals surface area contributed by atoms with Gasteiger partial charge in [-0.25, -0.2) is 0 Å². The highest BCUT2D eigenvalue weighted by molar-refractivity contribution is 5.69. The largest absolute Gasteiger partial charge is 0.463 e. The SMILES string of the molecule is CCCCCCCCCCCCC(=O)OCC(O)C(O)C(O)C(O)CO. The molecule has 0 aliphatic rings. The number of ether oxygens (including phenoxy) is 1. The zero-order valence-corrected chi connectivity index (χ0v) is 16.1. The smallest absolute Gasteiger partial charge is 0.305 e. The van der Waals surface area contributed by atoms with E-state index in [0.29, 0.717) is 0 Å². The number of aliphatic hydroxyl groups is 5. The molecule has 0 saturated carbocycles. The minimum Gasteiger partial charge on any atom is -0.463 e. The van der Waals surface area contributed by atoms with Gasteiger partial charge in [0.05, 0.1) is 6.61 Å². The Hall–Kier alpha value is -0.730. The fourth-order valence-corrected chi connectivity index (χ4v) is 2.67. The van der Waals surface area contributed by atoms with Crippen molar-refractivity contribution in [1.82, 2.24) is 0 Å². The Morgan fingerprint density at radius 1 is 0.769 bits per heavy atom. The molecule has 4 unspecified atom stereocenters. The Kier molecular flexibility index (Phi) is 16.0. The first-order valence-electron chi connectivity index (χ1n) is 9.92. The van der Waals surface area contributed by atoms with E-state index in [1.54, 1.807) is 0 Å². The zero-order valence-electron chi connectivity index (χ0n) is 16.1. The number of hydrogen-bond donors (Lipinski definition) is 5. The maximum Gasteiger partial charge on any atom is 0.305 e. The summed E-state index contributed by atoms with van der Waals surface area (Å²) in [6.07, 6.45) is 5.40. The molecule has 0 bridgehead atoms. The standard InChI is InChI=1S/C19H38O7/c1-2-3-4-5-6-7-8-9-10-11-12-17(23)26-14-16(22)19(25)18(24)15(21)13-20/h15-16,18-22,24-25H,2-14H2,1H3. The van der Waals surface area contributed by atoms with Crippen LogP contribution in [0, 0.1) is 0 Å². The summed E-state index contributed by atoms with van der Waals surface area (Å²) >= 11 is 0. The molecular weight excluding hydrogens is 340 g/mol. The molecule has 0 spiro atoms. The molecule has 156 valence electrons. The van der Waals surface area contributed by atoms with Gasteiger partial charge in [0.25, 0.3) is 0 Å². The Bertz CT molecular complexity index is 338. The number of esters is 1. The molecule has 0 fully saturated rings. The third kappa shape index (κ3) is 12.6. The van der Waals surface area contributed by atoms with Gasteiger partial charge in [0.15, 0.2) is 0 Å². The summed E-state index contributed by atoms with van der Waals surface area (Å²) < 4.78 is 4.87. The van der Waals surface area contributed by atoms with Gasteiger partial charge in [-0.3, -0.25) is 4.79 Å². The van der Waals surface area contributed by atoms with Gasteiger partial charge in [-0.1, -0.05) is 64.7 Å². The third-order valence-electron chi connectivity index (χ3n) is 4.47. The van der Waals surface area contributed by atoms with Crippen molar-refractivity contribution in [3.05, 3.63) is 0 Å². The average molecular weight is 379 g/mol. The van der Waals surface area contributed by atoms with Crippen LogP contribution in [0.15, 0.2) is 0 Å². The van der Waals surface area contributed by atoms with Crippen LogP contribution < -0.4 is 0 Å². The van der Waals surface area contributed by atoms with Crippen LogP contribution in [0.2, 0.25) is 0 Å². The minimum absolute atomic E-state index is 0.251. The summed E-state index contributed by atoms with van der Waals surface area (Å²) in [4.78, 5) is 11.6. The van der Waals surface area contributed by atoms with Crippen LogP contribution in [0.25, 0.3) is 0 Å². The van der Waals surface area contributed by atoms with Gasteiger partial charge >= 0.3 is 5.97 Å². The molecule has 0 aromatic heterocycles. The Morgan fingerprint density at radius 2 is 1.23 bits per heavy atom. The van der Waals surface area contributed by atoms with Crippen molar-refractivity contribution < 1.29 is 35.1 Å². The zero-order chi connectivity index (χ0) is 19.8. The molecule has 0 aliphatic heterocycles. The van der Waals surface area contributed by atoms with Gasteiger partial charge in [-0.05, 0) is 6.42 Å². The van der Waals surface area contributed by atoms with Crippen molar-refractivity contribution in [1.29, 1.82) is 0 Å². The molecule has 7 heteroatoms. The summed E-state index contributed by atoms with van der Waals surface area (Å²) in [7, 11) is 0. The van der Waals surface area contributed by atoms with Gasteiger partial charge in [-0.2, -0.15) is 0 Å². The predicted molar refractivity (Wildman–Crippen MR) is 98.5 cm³/mol. The summed E-state index contributed by atoms with van der Waals surface area (Å²) in [6, 6.07) is 0. The second-order valence-electron chi connectivity index (χ2n) is 6.91. The van der Waals surface area contributed by atoms with Crippen LogP contribution in [0.5, 0.6) is 0 Å². The van der Waals surface area contributed by atoms with Crippen LogP contribution in [0.4, 0.5) is 0 Å². The quantitative estimate of drug-likeness (QED) is 0.190. The lowest BCUT2D eigenvalue weighted by molar-refractivity contribution is -0.156. The number of aliphatic hydroxyl groups excluding tert-OH is 5. The highest BCUT2D eigenvalue weighted by Gasteiger charge is 2.30. The van der Waals surface area contributed by atoms with Crippen LogP contribution in [-0.4, -0.2) is 69.1 Å². The Morgan fingerprint density at radius 3 is 1.73 bits per heavy atom.